The summed E-state index contributed by atoms with van der Waals surface area (Å²) in [5.41, 5.74) is 0.985. The molecule has 0 spiro atoms. The Balaban J connectivity index is 1.75. The molecule has 1 unspecified atom stereocenters. The lowest BCUT2D eigenvalue weighted by Gasteiger charge is -2.07. The summed E-state index contributed by atoms with van der Waals surface area (Å²) in [7, 11) is 0. The quantitative estimate of drug-likeness (QED) is 0.454. The molecule has 0 amide bonds. The molecule has 27 heavy (non-hydrogen) atoms. The lowest BCUT2D eigenvalue weighted by molar-refractivity contribution is -0.384. The van der Waals surface area contributed by atoms with Crippen molar-refractivity contribution in [3.8, 4) is 23.1 Å². The van der Waals surface area contributed by atoms with Gasteiger partial charge < -0.3 is 4.74 Å². The number of nitriles is 1. The van der Waals surface area contributed by atoms with Gasteiger partial charge in [0.25, 0.3) is 5.69 Å². The van der Waals surface area contributed by atoms with Crippen LogP contribution in [0.5, 0.6) is 5.75 Å². The number of carbonyl (C=O) groups is 1. The summed E-state index contributed by atoms with van der Waals surface area (Å²) >= 11 is 1.16. The lowest BCUT2D eigenvalue weighted by Crippen LogP contribution is -2.19. The smallest absolute Gasteiger partial charge is 0.270 e. The number of thiazole rings is 1. The van der Waals surface area contributed by atoms with E-state index >= 15 is 0 Å². The van der Waals surface area contributed by atoms with Crippen molar-refractivity contribution in [2.45, 2.75) is 5.92 Å². The minimum Gasteiger partial charge on any atom is -0.486 e. The van der Waals surface area contributed by atoms with Gasteiger partial charge in [-0.3, -0.25) is 14.9 Å². The average molecular weight is 379 g/mol. The third-order valence-corrected chi connectivity index (χ3v) is 4.61. The summed E-state index contributed by atoms with van der Waals surface area (Å²) in [5.74, 6) is -0.911. The number of carbonyl (C=O) groups excluding carboxylic acids is 1. The standard InChI is InChI=1S/C19H13N3O4S/c20-10-16(18(23)11-26-15-7-2-1-3-8-15)19-21-17(12-27-19)13-5-4-6-14(9-13)22(24)25/h1-9,12,16H,11H2. The summed E-state index contributed by atoms with van der Waals surface area (Å²) in [5, 5.41) is 22.3. The fourth-order valence-corrected chi connectivity index (χ4v) is 3.24. The fraction of sp³-hybridized carbons (Fsp3) is 0.105. The molecule has 134 valence electrons. The zero-order chi connectivity index (χ0) is 19.2. The molecule has 0 saturated heterocycles. The van der Waals surface area contributed by atoms with Crippen LogP contribution in [-0.2, 0) is 4.79 Å². The molecular weight excluding hydrogens is 366 g/mol. The predicted octanol–water partition coefficient (Wildman–Crippen LogP) is 3.97. The molecule has 0 bridgehead atoms. The first-order valence-corrected chi connectivity index (χ1v) is 8.77. The maximum absolute atomic E-state index is 12.4. The van der Waals surface area contributed by atoms with Crippen molar-refractivity contribution in [2.75, 3.05) is 6.61 Å². The fourth-order valence-electron chi connectivity index (χ4n) is 2.35. The van der Waals surface area contributed by atoms with E-state index in [2.05, 4.69) is 4.98 Å². The summed E-state index contributed by atoms with van der Waals surface area (Å²) in [6.45, 7) is -0.242. The van der Waals surface area contributed by atoms with E-state index in [1.807, 2.05) is 12.1 Å². The number of Topliss-reactive ketones (excluding diaryl/α,β-unsaturated/α-hetero) is 1. The third-order valence-electron chi connectivity index (χ3n) is 3.70. The number of rotatable bonds is 7. The van der Waals surface area contributed by atoms with Crippen LogP contribution in [-0.4, -0.2) is 22.3 Å². The number of benzene rings is 2. The van der Waals surface area contributed by atoms with Gasteiger partial charge in [-0.1, -0.05) is 30.3 Å². The molecule has 0 radical (unpaired) electrons. The number of aromatic nitrogens is 1. The molecule has 0 fully saturated rings. The maximum Gasteiger partial charge on any atom is 0.270 e. The highest BCUT2D eigenvalue weighted by atomic mass is 32.1. The second-order valence-corrected chi connectivity index (χ2v) is 6.40. The number of nitrogens with zero attached hydrogens (tertiary/aromatic N) is 3. The van der Waals surface area contributed by atoms with Gasteiger partial charge in [0.1, 0.15) is 17.4 Å². The van der Waals surface area contributed by atoms with Crippen LogP contribution in [0.25, 0.3) is 11.3 Å². The molecule has 0 aliphatic heterocycles. The third kappa shape index (κ3) is 4.34. The minimum atomic E-state index is -1.05. The summed E-state index contributed by atoms with van der Waals surface area (Å²) in [4.78, 5) is 27.1. The second-order valence-electron chi connectivity index (χ2n) is 5.51. The monoisotopic (exact) mass is 379 g/mol. The van der Waals surface area contributed by atoms with Crippen LogP contribution >= 0.6 is 11.3 Å². The number of nitro benzene ring substituents is 1. The van der Waals surface area contributed by atoms with E-state index in [9.17, 15) is 20.2 Å². The van der Waals surface area contributed by atoms with Gasteiger partial charge in [0.05, 0.1) is 16.7 Å². The maximum atomic E-state index is 12.4. The first kappa shape index (κ1) is 18.2. The van der Waals surface area contributed by atoms with Crippen LogP contribution in [0.2, 0.25) is 0 Å². The normalized spacial score (nSPS) is 11.4. The van der Waals surface area contributed by atoms with E-state index in [-0.39, 0.29) is 12.3 Å². The SMILES string of the molecule is N#CC(C(=O)COc1ccccc1)c1nc(-c2cccc([N+](=O)[O-])c2)cs1. The zero-order valence-corrected chi connectivity index (χ0v) is 14.8. The largest absolute Gasteiger partial charge is 0.486 e. The second kappa shape index (κ2) is 8.21. The minimum absolute atomic E-state index is 0.0498. The number of ether oxygens (including phenoxy) is 1. The molecule has 2 aromatic carbocycles. The highest BCUT2D eigenvalue weighted by Crippen LogP contribution is 2.29. The molecule has 1 atom stereocenters. The topological polar surface area (TPSA) is 106 Å². The molecule has 1 aromatic heterocycles. The Labute approximate surface area is 158 Å². The van der Waals surface area contributed by atoms with Gasteiger partial charge in [0.2, 0.25) is 0 Å². The highest BCUT2D eigenvalue weighted by molar-refractivity contribution is 7.10. The van der Waals surface area contributed by atoms with Crippen LogP contribution in [0, 0.1) is 21.4 Å². The van der Waals surface area contributed by atoms with E-state index in [1.165, 1.54) is 12.1 Å². The van der Waals surface area contributed by atoms with Gasteiger partial charge in [-0.15, -0.1) is 11.3 Å². The van der Waals surface area contributed by atoms with Crippen LogP contribution in [0.4, 0.5) is 5.69 Å². The summed E-state index contributed by atoms with van der Waals surface area (Å²) in [6, 6.07) is 16.8. The number of para-hydroxylation sites is 1. The van der Waals surface area contributed by atoms with Crippen molar-refractivity contribution in [2.24, 2.45) is 0 Å². The molecule has 8 heteroatoms. The number of nitro groups is 1. The van der Waals surface area contributed by atoms with E-state index < -0.39 is 16.6 Å². The molecule has 0 saturated carbocycles. The van der Waals surface area contributed by atoms with Gasteiger partial charge in [-0.25, -0.2) is 4.98 Å². The Morgan fingerprint density at radius 1 is 1.26 bits per heavy atom. The number of non-ortho nitro benzene ring substituents is 1. The number of hydrogen-bond donors (Lipinski definition) is 0. The Kier molecular flexibility index (Phi) is 5.54. The van der Waals surface area contributed by atoms with Crippen LogP contribution < -0.4 is 4.74 Å². The average Bonchev–Trinajstić information content (AvgIpc) is 3.17. The van der Waals surface area contributed by atoms with E-state index in [1.54, 1.807) is 41.8 Å². The van der Waals surface area contributed by atoms with Crippen LogP contribution in [0.1, 0.15) is 10.9 Å². The molecule has 3 aromatic rings. The Morgan fingerprint density at radius 2 is 2.04 bits per heavy atom. The van der Waals surface area contributed by atoms with Crippen molar-refractivity contribution < 1.29 is 14.5 Å². The Bertz CT molecular complexity index is 1010. The van der Waals surface area contributed by atoms with Gasteiger partial charge >= 0.3 is 0 Å². The molecule has 0 aliphatic carbocycles. The van der Waals surface area contributed by atoms with Crippen LogP contribution in [0.3, 0.4) is 0 Å². The van der Waals surface area contributed by atoms with Crippen LogP contribution in [0.15, 0.2) is 60.0 Å². The summed E-state index contributed by atoms with van der Waals surface area (Å²) in [6.07, 6.45) is 0. The molecular formula is C19H13N3O4S. The van der Waals surface area contributed by atoms with Crippen molar-refractivity contribution in [3.63, 3.8) is 0 Å². The zero-order valence-electron chi connectivity index (χ0n) is 13.9. The summed E-state index contributed by atoms with van der Waals surface area (Å²) < 4.78 is 5.41. The van der Waals surface area contributed by atoms with Gasteiger partial charge in [-0.2, -0.15) is 5.26 Å². The molecule has 0 N–H and O–H groups in total. The lowest BCUT2D eigenvalue weighted by atomic mass is 10.1. The van der Waals surface area contributed by atoms with Crippen molar-refractivity contribution >= 4 is 22.8 Å². The van der Waals surface area contributed by atoms with Crippen molar-refractivity contribution in [1.82, 2.24) is 4.98 Å². The van der Waals surface area contributed by atoms with Crippen molar-refractivity contribution in [1.29, 1.82) is 5.26 Å². The van der Waals surface area contributed by atoms with E-state index in [0.717, 1.165) is 11.3 Å². The Hall–Kier alpha value is -3.57. The van der Waals surface area contributed by atoms with E-state index in [0.29, 0.717) is 22.0 Å². The van der Waals surface area contributed by atoms with Gasteiger partial charge in [0, 0.05) is 23.1 Å². The van der Waals surface area contributed by atoms with Crippen molar-refractivity contribution in [3.05, 3.63) is 75.1 Å². The molecule has 7 nitrogen and oxygen atoms in total. The first-order chi connectivity index (χ1) is 13.1. The Morgan fingerprint density at radius 3 is 2.74 bits per heavy atom. The van der Waals surface area contributed by atoms with Gasteiger partial charge in [-0.05, 0) is 12.1 Å². The van der Waals surface area contributed by atoms with E-state index in [4.69, 9.17) is 4.74 Å². The number of ketones is 1. The molecule has 0 aliphatic rings. The number of hydrogen-bond acceptors (Lipinski definition) is 7. The van der Waals surface area contributed by atoms with Gasteiger partial charge in [0.15, 0.2) is 11.7 Å². The molecule has 1 heterocycles. The predicted molar refractivity (Wildman–Crippen MR) is 99.5 cm³/mol. The molecule has 3 rings (SSSR count). The first-order valence-electron chi connectivity index (χ1n) is 7.89. The highest BCUT2D eigenvalue weighted by Gasteiger charge is 2.24.